The summed E-state index contributed by atoms with van der Waals surface area (Å²) in [5.74, 6) is 0. The maximum atomic E-state index is 5.52. The number of nitrogens with two attached hydrogens (primary N) is 1. The minimum atomic E-state index is -0.124. The molecule has 0 radical (unpaired) electrons. The van der Waals surface area contributed by atoms with Gasteiger partial charge in [-0.25, -0.2) is 4.99 Å². The first-order valence-electron chi connectivity index (χ1n) is 4.37. The fourth-order valence-corrected chi connectivity index (χ4v) is 1.75. The predicted molar refractivity (Wildman–Crippen MR) is 45.0 cm³/mol. The average molecular weight is 170 g/mol. The van der Waals surface area contributed by atoms with E-state index in [1.807, 2.05) is 0 Å². The molecule has 0 aliphatic carbocycles. The smallest absolute Gasteiger partial charge is 0.282 e. The van der Waals surface area contributed by atoms with Crippen LogP contribution in [-0.4, -0.2) is 31.4 Å². The zero-order chi connectivity index (χ0) is 8.44. The van der Waals surface area contributed by atoms with Gasteiger partial charge in [0.1, 0.15) is 5.60 Å². The highest BCUT2D eigenvalue weighted by atomic mass is 16.5. The molecule has 0 bridgehead atoms. The monoisotopic (exact) mass is 170 g/mol. The van der Waals surface area contributed by atoms with Crippen LogP contribution in [0.1, 0.15) is 19.3 Å². The maximum Gasteiger partial charge on any atom is 0.282 e. The molecule has 0 aromatic rings. The van der Waals surface area contributed by atoms with Crippen LogP contribution in [0.2, 0.25) is 0 Å². The second-order valence-electron chi connectivity index (χ2n) is 3.41. The van der Waals surface area contributed by atoms with Crippen molar-refractivity contribution in [1.29, 1.82) is 0 Å². The lowest BCUT2D eigenvalue weighted by Crippen LogP contribution is -2.35. The van der Waals surface area contributed by atoms with E-state index in [-0.39, 0.29) is 5.60 Å². The number of nitrogens with zero attached hydrogens (tertiary/aromatic N) is 1. The van der Waals surface area contributed by atoms with Crippen molar-refractivity contribution in [2.75, 3.05) is 19.8 Å². The normalized spacial score (nSPS) is 35.8. The first-order chi connectivity index (χ1) is 5.81. The van der Waals surface area contributed by atoms with Gasteiger partial charge in [-0.05, 0) is 12.8 Å². The van der Waals surface area contributed by atoms with Crippen LogP contribution in [0.15, 0.2) is 4.99 Å². The highest BCUT2D eigenvalue weighted by Crippen LogP contribution is 2.29. The van der Waals surface area contributed by atoms with Gasteiger partial charge < -0.3 is 15.2 Å². The summed E-state index contributed by atoms with van der Waals surface area (Å²) in [7, 11) is 0. The SMILES string of the molecule is NC1=NCC2(CCCOCC2)O1. The van der Waals surface area contributed by atoms with Crippen LogP contribution >= 0.6 is 0 Å². The zero-order valence-electron chi connectivity index (χ0n) is 7.08. The standard InChI is InChI=1S/C8H14N2O2/c9-7-10-6-8(12-7)2-1-4-11-5-3-8/h1-6H2,(H2,9,10). The molecule has 2 N–H and O–H groups in total. The van der Waals surface area contributed by atoms with Gasteiger partial charge >= 0.3 is 0 Å². The second-order valence-corrected chi connectivity index (χ2v) is 3.41. The van der Waals surface area contributed by atoms with Gasteiger partial charge in [0, 0.05) is 13.0 Å². The van der Waals surface area contributed by atoms with E-state index >= 15 is 0 Å². The minimum absolute atomic E-state index is 0.124. The van der Waals surface area contributed by atoms with E-state index in [1.54, 1.807) is 0 Å². The van der Waals surface area contributed by atoms with Crippen LogP contribution < -0.4 is 5.73 Å². The molecule has 1 fully saturated rings. The number of hydrogen-bond acceptors (Lipinski definition) is 4. The van der Waals surface area contributed by atoms with Crippen molar-refractivity contribution in [2.45, 2.75) is 24.9 Å². The molecule has 12 heavy (non-hydrogen) atoms. The maximum absolute atomic E-state index is 5.52. The Hall–Kier alpha value is -0.770. The summed E-state index contributed by atoms with van der Waals surface area (Å²) in [6.07, 6.45) is 2.97. The van der Waals surface area contributed by atoms with E-state index in [0.717, 1.165) is 32.5 Å². The third-order valence-corrected chi connectivity index (χ3v) is 2.47. The third-order valence-electron chi connectivity index (χ3n) is 2.47. The highest BCUT2D eigenvalue weighted by molar-refractivity contribution is 5.73. The van der Waals surface area contributed by atoms with Gasteiger partial charge in [0.15, 0.2) is 0 Å². The lowest BCUT2D eigenvalue weighted by atomic mass is 9.95. The van der Waals surface area contributed by atoms with Crippen LogP contribution in [0, 0.1) is 0 Å². The van der Waals surface area contributed by atoms with Crippen LogP contribution in [-0.2, 0) is 9.47 Å². The molecule has 4 nitrogen and oxygen atoms in total. The van der Waals surface area contributed by atoms with Crippen molar-refractivity contribution in [2.24, 2.45) is 10.7 Å². The molecule has 0 aromatic heterocycles. The summed E-state index contributed by atoms with van der Waals surface area (Å²) < 4.78 is 10.9. The topological polar surface area (TPSA) is 56.8 Å². The molecule has 0 amide bonds. The van der Waals surface area contributed by atoms with Gasteiger partial charge in [0.05, 0.1) is 13.2 Å². The molecule has 2 aliphatic heterocycles. The molecule has 1 atom stereocenters. The van der Waals surface area contributed by atoms with Gasteiger partial charge in [-0.2, -0.15) is 0 Å². The summed E-state index contributed by atoms with van der Waals surface area (Å²) in [6.45, 7) is 2.32. The van der Waals surface area contributed by atoms with E-state index in [2.05, 4.69) is 4.99 Å². The van der Waals surface area contributed by atoms with Crippen molar-refractivity contribution in [3.63, 3.8) is 0 Å². The van der Waals surface area contributed by atoms with Gasteiger partial charge in [-0.3, -0.25) is 0 Å². The van der Waals surface area contributed by atoms with E-state index in [0.29, 0.717) is 12.6 Å². The number of amidine groups is 1. The van der Waals surface area contributed by atoms with Gasteiger partial charge in [0.2, 0.25) is 0 Å². The zero-order valence-corrected chi connectivity index (χ0v) is 7.08. The Balaban J connectivity index is 2.01. The summed E-state index contributed by atoms with van der Waals surface area (Å²) in [5, 5.41) is 0. The van der Waals surface area contributed by atoms with Crippen LogP contribution in [0.3, 0.4) is 0 Å². The summed E-state index contributed by atoms with van der Waals surface area (Å²) in [5.41, 5.74) is 5.35. The summed E-state index contributed by atoms with van der Waals surface area (Å²) in [6, 6.07) is 0.344. The first kappa shape index (κ1) is 7.86. The van der Waals surface area contributed by atoms with Crippen molar-refractivity contribution in [1.82, 2.24) is 0 Å². The minimum Gasteiger partial charge on any atom is -0.457 e. The van der Waals surface area contributed by atoms with E-state index in [9.17, 15) is 0 Å². The molecule has 4 heteroatoms. The molecule has 1 saturated heterocycles. The molecule has 1 spiro atoms. The number of ether oxygens (including phenoxy) is 2. The molecule has 0 aromatic carbocycles. The number of rotatable bonds is 0. The Labute approximate surface area is 71.7 Å². The molecule has 2 heterocycles. The average Bonchev–Trinajstić information content (AvgIpc) is 2.30. The molecular formula is C8H14N2O2. The van der Waals surface area contributed by atoms with Gasteiger partial charge in [-0.15, -0.1) is 0 Å². The Kier molecular flexibility index (Phi) is 1.92. The Morgan fingerprint density at radius 2 is 2.25 bits per heavy atom. The predicted octanol–water partition coefficient (Wildman–Crippen LogP) is 0.271. The Morgan fingerprint density at radius 1 is 1.33 bits per heavy atom. The molecule has 0 saturated carbocycles. The van der Waals surface area contributed by atoms with Gasteiger partial charge in [-0.1, -0.05) is 0 Å². The largest absolute Gasteiger partial charge is 0.457 e. The molecule has 1 unspecified atom stereocenters. The first-order valence-corrected chi connectivity index (χ1v) is 4.37. The third kappa shape index (κ3) is 1.39. The summed E-state index contributed by atoms with van der Waals surface area (Å²) in [4.78, 5) is 4.07. The second kappa shape index (κ2) is 2.94. The molecule has 68 valence electrons. The molecule has 2 rings (SSSR count). The number of hydrogen-bond donors (Lipinski definition) is 1. The van der Waals surface area contributed by atoms with Crippen molar-refractivity contribution >= 4 is 6.02 Å². The number of aliphatic imine (C=N–C) groups is 1. The fraction of sp³-hybridized carbons (Fsp3) is 0.875. The Bertz CT molecular complexity index is 195. The fourth-order valence-electron chi connectivity index (χ4n) is 1.75. The van der Waals surface area contributed by atoms with Crippen molar-refractivity contribution in [3.8, 4) is 0 Å². The lowest BCUT2D eigenvalue weighted by Gasteiger charge is -2.24. The van der Waals surface area contributed by atoms with Gasteiger partial charge in [0.25, 0.3) is 6.02 Å². The molecule has 2 aliphatic rings. The van der Waals surface area contributed by atoms with Crippen LogP contribution in [0.4, 0.5) is 0 Å². The Morgan fingerprint density at radius 3 is 3.00 bits per heavy atom. The van der Waals surface area contributed by atoms with E-state index in [4.69, 9.17) is 15.2 Å². The van der Waals surface area contributed by atoms with E-state index in [1.165, 1.54) is 0 Å². The van der Waals surface area contributed by atoms with E-state index < -0.39 is 0 Å². The lowest BCUT2D eigenvalue weighted by molar-refractivity contribution is 0.0578. The van der Waals surface area contributed by atoms with Crippen LogP contribution in [0.25, 0.3) is 0 Å². The quantitative estimate of drug-likeness (QED) is 0.567. The highest BCUT2D eigenvalue weighted by Gasteiger charge is 2.37. The van der Waals surface area contributed by atoms with Crippen molar-refractivity contribution < 1.29 is 9.47 Å². The summed E-state index contributed by atoms with van der Waals surface area (Å²) >= 11 is 0. The van der Waals surface area contributed by atoms with Crippen LogP contribution in [0.5, 0.6) is 0 Å². The van der Waals surface area contributed by atoms with Crippen molar-refractivity contribution in [3.05, 3.63) is 0 Å². The molecular weight excluding hydrogens is 156 g/mol.